The van der Waals surface area contributed by atoms with Gasteiger partial charge in [0, 0.05) is 6.42 Å². The molecule has 0 saturated carbocycles. The smallest absolute Gasteiger partial charge is 0.326 e. The van der Waals surface area contributed by atoms with E-state index in [0.717, 1.165) is 0 Å². The summed E-state index contributed by atoms with van der Waals surface area (Å²) in [7, 11) is 0. The Hall–Kier alpha value is -3.75. The highest BCUT2D eigenvalue weighted by molar-refractivity contribution is 5.96. The molecular weight excluding hydrogens is 456 g/mol. The summed E-state index contributed by atoms with van der Waals surface area (Å²) < 4.78 is 0. The Kier molecular flexibility index (Phi) is 12.8. The first kappa shape index (κ1) is 30.2. The average Bonchev–Trinajstić information content (AvgIpc) is 2.68. The predicted octanol–water partition coefficient (Wildman–Crippen LogP) is -3.49. The quantitative estimate of drug-likeness (QED) is 0.106. The largest absolute Gasteiger partial charge is 0.481 e. The molecule has 0 radical (unpaired) electrons. The predicted molar refractivity (Wildman–Crippen MR) is 115 cm³/mol. The second-order valence-electron chi connectivity index (χ2n) is 8.03. The van der Waals surface area contributed by atoms with Gasteiger partial charge in [0.1, 0.15) is 18.1 Å². The van der Waals surface area contributed by atoms with Gasteiger partial charge in [0.25, 0.3) is 0 Å². The molecule has 0 aromatic carbocycles. The fourth-order valence-corrected chi connectivity index (χ4v) is 2.77. The monoisotopic (exact) mass is 488 g/mol. The van der Waals surface area contributed by atoms with Crippen molar-refractivity contribution >= 4 is 41.5 Å². The van der Waals surface area contributed by atoms with Gasteiger partial charge in [-0.05, 0) is 18.8 Å². The highest BCUT2D eigenvalue weighted by atomic mass is 16.4. The average molecular weight is 488 g/mol. The molecule has 4 unspecified atom stereocenters. The third-order valence-corrected chi connectivity index (χ3v) is 4.40. The molecule has 0 heterocycles. The first-order valence-corrected chi connectivity index (χ1v) is 10.3. The van der Waals surface area contributed by atoms with Gasteiger partial charge < -0.3 is 43.4 Å². The van der Waals surface area contributed by atoms with Crippen LogP contribution in [0.4, 0.5) is 0 Å². The van der Waals surface area contributed by atoms with Gasteiger partial charge in [-0.1, -0.05) is 13.8 Å². The molecule has 0 rings (SSSR count). The molecule has 0 aromatic heterocycles. The van der Waals surface area contributed by atoms with Crippen LogP contribution in [0.25, 0.3) is 0 Å². The maximum absolute atomic E-state index is 12.7. The van der Waals surface area contributed by atoms with Crippen LogP contribution in [0.15, 0.2) is 0 Å². The van der Waals surface area contributed by atoms with E-state index in [4.69, 9.17) is 22.3 Å². The Morgan fingerprint density at radius 1 is 0.735 bits per heavy atom. The summed E-state index contributed by atoms with van der Waals surface area (Å²) in [5.41, 5.74) is 15.6. The number of carboxylic acids is 2. The summed E-state index contributed by atoms with van der Waals surface area (Å²) in [4.78, 5) is 82.0. The number of carbonyl (C=O) groups excluding carboxylic acids is 5. The molecule has 0 spiro atoms. The summed E-state index contributed by atoms with van der Waals surface area (Å²) >= 11 is 0. The maximum atomic E-state index is 12.7. The Labute approximate surface area is 195 Å². The van der Waals surface area contributed by atoms with Gasteiger partial charge in [0.15, 0.2) is 0 Å². The molecular formula is C19H32N6O9. The zero-order chi connectivity index (χ0) is 26.6. The molecule has 0 bridgehead atoms. The van der Waals surface area contributed by atoms with Gasteiger partial charge in [0.2, 0.25) is 29.5 Å². The van der Waals surface area contributed by atoms with Gasteiger partial charge in [-0.25, -0.2) is 4.79 Å². The summed E-state index contributed by atoms with van der Waals surface area (Å²) in [6.07, 6.45) is -2.05. The molecule has 0 aliphatic rings. The molecule has 4 atom stereocenters. The lowest BCUT2D eigenvalue weighted by Crippen LogP contribution is -2.58. The summed E-state index contributed by atoms with van der Waals surface area (Å²) in [6, 6.07) is -5.76. The number of rotatable bonds is 16. The van der Waals surface area contributed by atoms with Crippen molar-refractivity contribution in [2.75, 3.05) is 0 Å². The molecule has 34 heavy (non-hydrogen) atoms. The van der Waals surface area contributed by atoms with Crippen molar-refractivity contribution in [3.05, 3.63) is 0 Å². The van der Waals surface area contributed by atoms with E-state index in [0.29, 0.717) is 0 Å². The maximum Gasteiger partial charge on any atom is 0.326 e. The lowest BCUT2D eigenvalue weighted by Gasteiger charge is -2.25. The molecule has 0 aliphatic heterocycles. The van der Waals surface area contributed by atoms with Crippen molar-refractivity contribution in [3.8, 4) is 0 Å². The van der Waals surface area contributed by atoms with Crippen LogP contribution >= 0.6 is 0 Å². The Morgan fingerprint density at radius 2 is 1.21 bits per heavy atom. The van der Waals surface area contributed by atoms with Crippen LogP contribution in [0.1, 0.15) is 46.0 Å². The minimum atomic E-state index is -1.55. The van der Waals surface area contributed by atoms with Crippen molar-refractivity contribution in [1.29, 1.82) is 0 Å². The van der Waals surface area contributed by atoms with Crippen molar-refractivity contribution in [2.24, 2.45) is 23.1 Å². The molecule has 192 valence electrons. The van der Waals surface area contributed by atoms with Crippen molar-refractivity contribution in [2.45, 2.75) is 70.1 Å². The minimum absolute atomic E-state index is 0.0429. The Morgan fingerprint density at radius 3 is 1.65 bits per heavy atom. The first-order chi connectivity index (χ1) is 15.6. The molecule has 11 N–H and O–H groups in total. The number of primary amides is 2. The second kappa shape index (κ2) is 14.4. The van der Waals surface area contributed by atoms with Gasteiger partial charge >= 0.3 is 11.9 Å². The van der Waals surface area contributed by atoms with Crippen LogP contribution in [0.5, 0.6) is 0 Å². The molecule has 15 heteroatoms. The molecule has 0 saturated heterocycles. The Bertz CT molecular complexity index is 801. The first-order valence-electron chi connectivity index (χ1n) is 10.3. The van der Waals surface area contributed by atoms with E-state index < -0.39 is 91.3 Å². The SMILES string of the molecule is CC(C)CC(NC(=O)C(CC(N)=O)NC(=O)C(N)CC(N)=O)C(=O)NC(CCC(=O)O)C(=O)O. The van der Waals surface area contributed by atoms with E-state index in [1.165, 1.54) is 0 Å². The van der Waals surface area contributed by atoms with Crippen LogP contribution < -0.4 is 33.2 Å². The second-order valence-corrected chi connectivity index (χ2v) is 8.03. The van der Waals surface area contributed by atoms with Crippen molar-refractivity contribution in [1.82, 2.24) is 16.0 Å². The van der Waals surface area contributed by atoms with E-state index >= 15 is 0 Å². The third kappa shape index (κ3) is 12.3. The van der Waals surface area contributed by atoms with Crippen LogP contribution in [0, 0.1) is 5.92 Å². The lowest BCUT2D eigenvalue weighted by molar-refractivity contribution is -0.143. The number of nitrogens with two attached hydrogens (primary N) is 3. The van der Waals surface area contributed by atoms with E-state index in [1.54, 1.807) is 13.8 Å². The van der Waals surface area contributed by atoms with E-state index in [1.807, 2.05) is 0 Å². The molecule has 5 amide bonds. The highest BCUT2D eigenvalue weighted by Crippen LogP contribution is 2.08. The third-order valence-electron chi connectivity index (χ3n) is 4.40. The number of carboxylic acid groups (broad SMARTS) is 2. The minimum Gasteiger partial charge on any atom is -0.481 e. The number of carbonyl (C=O) groups is 7. The Balaban J connectivity index is 5.54. The van der Waals surface area contributed by atoms with Crippen LogP contribution in [-0.2, 0) is 33.6 Å². The van der Waals surface area contributed by atoms with E-state index in [-0.39, 0.29) is 12.3 Å². The molecule has 15 nitrogen and oxygen atoms in total. The number of aliphatic carboxylic acids is 2. The van der Waals surface area contributed by atoms with E-state index in [9.17, 15) is 38.7 Å². The van der Waals surface area contributed by atoms with Crippen molar-refractivity contribution < 1.29 is 43.8 Å². The molecule has 0 fully saturated rings. The fraction of sp³-hybridized carbons (Fsp3) is 0.632. The van der Waals surface area contributed by atoms with Gasteiger partial charge in [-0.15, -0.1) is 0 Å². The number of hydrogen-bond donors (Lipinski definition) is 8. The normalized spacial score (nSPS) is 14.2. The summed E-state index contributed by atoms with van der Waals surface area (Å²) in [5.74, 6) is -7.59. The van der Waals surface area contributed by atoms with Crippen LogP contribution in [0.3, 0.4) is 0 Å². The fourth-order valence-electron chi connectivity index (χ4n) is 2.77. The number of nitrogens with one attached hydrogen (secondary N) is 3. The summed E-state index contributed by atoms with van der Waals surface area (Å²) in [6.45, 7) is 3.44. The molecule has 0 aliphatic carbocycles. The molecule has 0 aromatic rings. The van der Waals surface area contributed by atoms with Gasteiger partial charge in [-0.2, -0.15) is 0 Å². The highest BCUT2D eigenvalue weighted by Gasteiger charge is 2.31. The standard InChI is InChI=1S/C19H32N6O9/c1-8(2)5-11(17(31)23-10(19(33)34)3-4-15(28)29)25-18(32)12(7-14(22)27)24-16(30)9(20)6-13(21)26/h8-12H,3-7,20H2,1-2H3,(H2,21,26)(H2,22,27)(H,23,31)(H,24,30)(H,25,32)(H,28,29)(H,33,34). The number of amides is 5. The van der Waals surface area contributed by atoms with Crippen LogP contribution in [0.2, 0.25) is 0 Å². The summed E-state index contributed by atoms with van der Waals surface area (Å²) in [5, 5.41) is 24.7. The van der Waals surface area contributed by atoms with E-state index in [2.05, 4.69) is 16.0 Å². The zero-order valence-corrected chi connectivity index (χ0v) is 18.9. The van der Waals surface area contributed by atoms with Crippen LogP contribution in [-0.4, -0.2) is 75.9 Å². The number of hydrogen-bond acceptors (Lipinski definition) is 8. The van der Waals surface area contributed by atoms with Crippen molar-refractivity contribution in [3.63, 3.8) is 0 Å². The lowest BCUT2D eigenvalue weighted by atomic mass is 10.0. The zero-order valence-electron chi connectivity index (χ0n) is 18.9. The van der Waals surface area contributed by atoms with Gasteiger partial charge in [-0.3, -0.25) is 28.8 Å². The van der Waals surface area contributed by atoms with Gasteiger partial charge in [0.05, 0.1) is 18.9 Å². The topological polar surface area (TPSA) is 274 Å².